The Hall–Kier alpha value is -2.83. The Bertz CT molecular complexity index is 729. The van der Waals surface area contributed by atoms with Crippen LogP contribution in [-0.2, 0) is 4.79 Å². The summed E-state index contributed by atoms with van der Waals surface area (Å²) in [5.74, 6) is -0.0657. The first-order valence-corrected chi connectivity index (χ1v) is 6.01. The fourth-order valence-electron chi connectivity index (χ4n) is 2.00. The zero-order valence-electron chi connectivity index (χ0n) is 10.4. The van der Waals surface area contributed by atoms with Crippen molar-refractivity contribution in [3.63, 3.8) is 0 Å². The summed E-state index contributed by atoms with van der Waals surface area (Å²) in [4.78, 5) is 43.2. The molecule has 1 N–H and O–H groups in total. The standard InChI is InChI=1S/C13H10N4O3/c18-7-8-1-2-10-9(5-8)6-14-12(15-10)17-4-3-11(19)16-13(17)20/h1-2,5-7H,3-4H2,(H,16,19,20). The molecule has 20 heavy (non-hydrogen) atoms. The first-order chi connectivity index (χ1) is 9.67. The molecule has 7 nitrogen and oxygen atoms in total. The average molecular weight is 270 g/mol. The zero-order valence-corrected chi connectivity index (χ0v) is 10.4. The van der Waals surface area contributed by atoms with E-state index in [-0.39, 0.29) is 24.8 Å². The molecule has 0 saturated carbocycles. The Balaban J connectivity index is 1.98. The average Bonchev–Trinajstić information content (AvgIpc) is 2.46. The molecule has 1 fully saturated rings. The summed E-state index contributed by atoms with van der Waals surface area (Å²) in [5, 5.41) is 2.93. The Morgan fingerprint density at radius 3 is 2.90 bits per heavy atom. The van der Waals surface area contributed by atoms with E-state index in [1.807, 2.05) is 0 Å². The lowest BCUT2D eigenvalue weighted by Gasteiger charge is -2.24. The molecule has 1 aliphatic heterocycles. The fourth-order valence-corrected chi connectivity index (χ4v) is 2.00. The van der Waals surface area contributed by atoms with E-state index in [1.54, 1.807) is 24.4 Å². The highest BCUT2D eigenvalue weighted by Gasteiger charge is 2.26. The molecule has 1 aromatic carbocycles. The van der Waals surface area contributed by atoms with Crippen molar-refractivity contribution in [3.05, 3.63) is 30.0 Å². The van der Waals surface area contributed by atoms with Gasteiger partial charge in [0, 0.05) is 30.1 Å². The zero-order chi connectivity index (χ0) is 14.1. The number of rotatable bonds is 2. The molecule has 3 rings (SSSR count). The van der Waals surface area contributed by atoms with Crippen LogP contribution in [0, 0.1) is 0 Å². The summed E-state index contributed by atoms with van der Waals surface area (Å²) in [6.45, 7) is 0.253. The van der Waals surface area contributed by atoms with Crippen LogP contribution in [0.1, 0.15) is 16.8 Å². The topological polar surface area (TPSA) is 92.3 Å². The minimum atomic E-state index is -0.523. The van der Waals surface area contributed by atoms with Gasteiger partial charge in [-0.25, -0.2) is 14.8 Å². The van der Waals surface area contributed by atoms with Crippen LogP contribution in [0.15, 0.2) is 24.4 Å². The fraction of sp³-hybridized carbons (Fsp3) is 0.154. The highest BCUT2D eigenvalue weighted by Crippen LogP contribution is 2.17. The third-order valence-electron chi connectivity index (χ3n) is 3.02. The Morgan fingerprint density at radius 2 is 2.15 bits per heavy atom. The van der Waals surface area contributed by atoms with Crippen molar-refractivity contribution in [2.24, 2.45) is 0 Å². The van der Waals surface area contributed by atoms with Crippen molar-refractivity contribution in [1.82, 2.24) is 15.3 Å². The minimum absolute atomic E-state index is 0.219. The molecule has 0 bridgehead atoms. The summed E-state index contributed by atoms with van der Waals surface area (Å²) >= 11 is 0. The number of carbonyl (C=O) groups is 3. The van der Waals surface area contributed by atoms with Crippen LogP contribution in [0.4, 0.5) is 10.7 Å². The quantitative estimate of drug-likeness (QED) is 0.818. The van der Waals surface area contributed by atoms with E-state index in [4.69, 9.17) is 0 Å². The van der Waals surface area contributed by atoms with Gasteiger partial charge in [0.1, 0.15) is 6.29 Å². The molecule has 0 aliphatic carbocycles. The van der Waals surface area contributed by atoms with E-state index in [2.05, 4.69) is 15.3 Å². The molecule has 7 heteroatoms. The highest BCUT2D eigenvalue weighted by molar-refractivity contribution is 6.05. The maximum absolute atomic E-state index is 11.7. The van der Waals surface area contributed by atoms with E-state index in [1.165, 1.54) is 4.90 Å². The van der Waals surface area contributed by atoms with Crippen molar-refractivity contribution in [1.29, 1.82) is 0 Å². The number of amides is 3. The molecule has 100 valence electrons. The number of aromatic nitrogens is 2. The Labute approximate surface area is 113 Å². The van der Waals surface area contributed by atoms with Gasteiger partial charge >= 0.3 is 6.03 Å². The predicted octanol–water partition coefficient (Wildman–Crippen LogP) is 0.889. The molecule has 1 aromatic heterocycles. The monoisotopic (exact) mass is 270 g/mol. The normalized spacial score (nSPS) is 15.3. The van der Waals surface area contributed by atoms with Gasteiger partial charge in [-0.05, 0) is 18.2 Å². The number of nitrogens with one attached hydrogen (secondary N) is 1. The highest BCUT2D eigenvalue weighted by atomic mass is 16.2. The maximum atomic E-state index is 11.7. The van der Waals surface area contributed by atoms with Crippen molar-refractivity contribution in [2.45, 2.75) is 6.42 Å². The van der Waals surface area contributed by atoms with Gasteiger partial charge in [0.2, 0.25) is 11.9 Å². The van der Waals surface area contributed by atoms with E-state index in [0.717, 1.165) is 6.29 Å². The second-order valence-corrected chi connectivity index (χ2v) is 4.36. The summed E-state index contributed by atoms with van der Waals surface area (Å²) < 4.78 is 0. The van der Waals surface area contributed by atoms with Gasteiger partial charge in [-0.2, -0.15) is 0 Å². The summed E-state index contributed by atoms with van der Waals surface area (Å²) in [6, 6.07) is 4.49. The lowest BCUT2D eigenvalue weighted by atomic mass is 10.2. The predicted molar refractivity (Wildman–Crippen MR) is 70.4 cm³/mol. The van der Waals surface area contributed by atoms with Crippen LogP contribution in [0.25, 0.3) is 10.9 Å². The molecule has 2 heterocycles. The van der Waals surface area contributed by atoms with Gasteiger partial charge in [-0.15, -0.1) is 0 Å². The first-order valence-electron chi connectivity index (χ1n) is 6.01. The lowest BCUT2D eigenvalue weighted by Crippen LogP contribution is -2.50. The molecule has 0 atom stereocenters. The second-order valence-electron chi connectivity index (χ2n) is 4.36. The number of imide groups is 1. The number of benzene rings is 1. The number of carbonyl (C=O) groups excluding carboxylic acids is 3. The molecular formula is C13H10N4O3. The van der Waals surface area contributed by atoms with Crippen LogP contribution in [0.3, 0.4) is 0 Å². The van der Waals surface area contributed by atoms with Crippen LogP contribution >= 0.6 is 0 Å². The number of anilines is 1. The first kappa shape index (κ1) is 12.2. The van der Waals surface area contributed by atoms with Crippen molar-refractivity contribution in [3.8, 4) is 0 Å². The van der Waals surface area contributed by atoms with E-state index >= 15 is 0 Å². The van der Waals surface area contributed by atoms with Crippen molar-refractivity contribution in [2.75, 3.05) is 11.4 Å². The smallest absolute Gasteiger partial charge is 0.298 e. The van der Waals surface area contributed by atoms with E-state index in [0.29, 0.717) is 16.5 Å². The molecule has 0 unspecified atom stereocenters. The van der Waals surface area contributed by atoms with Crippen LogP contribution in [0.2, 0.25) is 0 Å². The molecule has 2 aromatic rings. The van der Waals surface area contributed by atoms with E-state index < -0.39 is 6.03 Å². The van der Waals surface area contributed by atoms with Gasteiger partial charge < -0.3 is 0 Å². The summed E-state index contributed by atoms with van der Waals surface area (Å²) in [6.07, 6.45) is 2.52. The van der Waals surface area contributed by atoms with Crippen molar-refractivity contribution < 1.29 is 14.4 Å². The molecule has 1 aliphatic rings. The van der Waals surface area contributed by atoms with Gasteiger partial charge in [0.05, 0.1) is 5.52 Å². The Kier molecular flexibility index (Phi) is 2.86. The molecule has 0 spiro atoms. The third kappa shape index (κ3) is 2.09. The number of fused-ring (bicyclic) bond motifs is 1. The summed E-state index contributed by atoms with van der Waals surface area (Å²) in [5.41, 5.74) is 1.17. The van der Waals surface area contributed by atoms with Crippen molar-refractivity contribution >= 4 is 35.1 Å². The maximum Gasteiger partial charge on any atom is 0.330 e. The van der Waals surface area contributed by atoms with E-state index in [9.17, 15) is 14.4 Å². The van der Waals surface area contributed by atoms with Gasteiger partial charge in [0.25, 0.3) is 0 Å². The minimum Gasteiger partial charge on any atom is -0.298 e. The molecular weight excluding hydrogens is 260 g/mol. The van der Waals surface area contributed by atoms with Gasteiger partial charge in [-0.1, -0.05) is 0 Å². The van der Waals surface area contributed by atoms with Crippen LogP contribution in [0.5, 0.6) is 0 Å². The number of aldehydes is 1. The second kappa shape index (κ2) is 4.69. The van der Waals surface area contributed by atoms with Crippen LogP contribution in [-0.4, -0.2) is 34.7 Å². The molecule has 0 radical (unpaired) electrons. The molecule has 1 saturated heterocycles. The van der Waals surface area contributed by atoms with Crippen LogP contribution < -0.4 is 10.2 Å². The number of nitrogens with zero attached hydrogens (tertiary/aromatic N) is 3. The summed E-state index contributed by atoms with van der Waals surface area (Å²) in [7, 11) is 0. The number of hydrogen-bond acceptors (Lipinski definition) is 5. The number of urea groups is 1. The molecule has 3 amide bonds. The van der Waals surface area contributed by atoms with Gasteiger partial charge in [0.15, 0.2) is 0 Å². The lowest BCUT2D eigenvalue weighted by molar-refractivity contribution is -0.120. The SMILES string of the molecule is O=Cc1ccc2nc(N3CCC(=O)NC3=O)ncc2c1. The Morgan fingerprint density at radius 1 is 1.30 bits per heavy atom. The largest absolute Gasteiger partial charge is 0.330 e. The number of hydrogen-bond donors (Lipinski definition) is 1. The third-order valence-corrected chi connectivity index (χ3v) is 3.02. The van der Waals surface area contributed by atoms with Gasteiger partial charge in [-0.3, -0.25) is 19.8 Å².